The molecule has 1 amide bonds. The van der Waals surface area contributed by atoms with Crippen molar-refractivity contribution in [1.82, 2.24) is 19.7 Å². The Kier molecular flexibility index (Phi) is 7.02. The number of para-hydroxylation sites is 1. The number of amides is 1. The zero-order valence-electron chi connectivity index (χ0n) is 17.7. The number of pyridine rings is 1. The molecule has 0 bridgehead atoms. The maximum atomic E-state index is 12.8. The number of aromatic nitrogens is 4. The zero-order valence-corrected chi connectivity index (χ0v) is 20.2. The van der Waals surface area contributed by atoms with Gasteiger partial charge in [-0.2, -0.15) is 0 Å². The van der Waals surface area contributed by atoms with E-state index in [1.165, 1.54) is 11.8 Å². The summed E-state index contributed by atoms with van der Waals surface area (Å²) in [6.07, 6.45) is 4.34. The van der Waals surface area contributed by atoms with Crippen molar-refractivity contribution in [2.24, 2.45) is 0 Å². The normalized spacial score (nSPS) is 10.8. The SMILES string of the molecule is CCc1cccc(C)c1NC(=O)CSc1nnc(-c2cccnc2)n1-c1ccc(Br)cc1. The van der Waals surface area contributed by atoms with Crippen LogP contribution >= 0.6 is 27.7 Å². The van der Waals surface area contributed by atoms with E-state index in [0.29, 0.717) is 11.0 Å². The minimum atomic E-state index is -0.0766. The molecule has 0 radical (unpaired) electrons. The Hall–Kier alpha value is -2.97. The van der Waals surface area contributed by atoms with Crippen LogP contribution in [0.3, 0.4) is 0 Å². The number of carbonyl (C=O) groups excluding carboxylic acids is 1. The molecule has 4 rings (SSSR count). The van der Waals surface area contributed by atoms with Gasteiger partial charge in [-0.3, -0.25) is 14.3 Å². The summed E-state index contributed by atoms with van der Waals surface area (Å²) >= 11 is 4.83. The number of halogens is 1. The highest BCUT2D eigenvalue weighted by atomic mass is 79.9. The summed E-state index contributed by atoms with van der Waals surface area (Å²) in [5.74, 6) is 0.821. The van der Waals surface area contributed by atoms with Crippen LogP contribution in [-0.2, 0) is 11.2 Å². The van der Waals surface area contributed by atoms with Crippen LogP contribution in [0, 0.1) is 6.92 Å². The largest absolute Gasteiger partial charge is 0.325 e. The molecule has 162 valence electrons. The molecular weight excluding hydrogens is 486 g/mol. The lowest BCUT2D eigenvalue weighted by molar-refractivity contribution is -0.113. The number of nitrogens with one attached hydrogen (secondary N) is 1. The molecule has 0 spiro atoms. The summed E-state index contributed by atoms with van der Waals surface area (Å²) in [7, 11) is 0. The lowest BCUT2D eigenvalue weighted by atomic mass is 10.1. The van der Waals surface area contributed by atoms with E-state index >= 15 is 0 Å². The molecule has 6 nitrogen and oxygen atoms in total. The van der Waals surface area contributed by atoms with Crippen LogP contribution < -0.4 is 5.32 Å². The number of thioether (sulfide) groups is 1. The standard InChI is InChI=1S/C24H22BrN5OS/c1-3-17-7-4-6-16(2)22(17)27-21(31)15-32-24-29-28-23(18-8-5-13-26-14-18)30(24)20-11-9-19(25)10-12-20/h4-14H,3,15H2,1-2H3,(H,27,31). The fourth-order valence-corrected chi connectivity index (χ4v) is 4.39. The average Bonchev–Trinajstić information content (AvgIpc) is 3.24. The third-order valence-corrected chi connectivity index (χ3v) is 6.43. The molecule has 0 fully saturated rings. The van der Waals surface area contributed by atoms with Gasteiger partial charge in [-0.1, -0.05) is 52.8 Å². The number of hydrogen-bond donors (Lipinski definition) is 1. The molecule has 0 atom stereocenters. The highest BCUT2D eigenvalue weighted by Gasteiger charge is 2.18. The van der Waals surface area contributed by atoms with Crippen LogP contribution in [0.25, 0.3) is 17.1 Å². The molecule has 32 heavy (non-hydrogen) atoms. The van der Waals surface area contributed by atoms with Crippen molar-refractivity contribution in [3.63, 3.8) is 0 Å². The van der Waals surface area contributed by atoms with E-state index in [1.807, 2.05) is 66.1 Å². The van der Waals surface area contributed by atoms with Gasteiger partial charge in [-0.25, -0.2) is 0 Å². The lowest BCUT2D eigenvalue weighted by Gasteiger charge is -2.13. The maximum Gasteiger partial charge on any atom is 0.234 e. The number of anilines is 1. The van der Waals surface area contributed by atoms with Crippen LogP contribution in [0.5, 0.6) is 0 Å². The number of nitrogens with zero attached hydrogens (tertiary/aromatic N) is 4. The molecule has 1 N–H and O–H groups in total. The molecule has 2 aromatic carbocycles. The van der Waals surface area contributed by atoms with Gasteiger partial charge in [0.15, 0.2) is 11.0 Å². The highest BCUT2D eigenvalue weighted by Crippen LogP contribution is 2.29. The Balaban J connectivity index is 1.60. The van der Waals surface area contributed by atoms with Gasteiger partial charge in [0.2, 0.25) is 5.91 Å². The minimum absolute atomic E-state index is 0.0766. The van der Waals surface area contributed by atoms with Gasteiger partial charge in [-0.05, 0) is 60.9 Å². The Bertz CT molecular complexity index is 1230. The third kappa shape index (κ3) is 4.92. The van der Waals surface area contributed by atoms with Crippen molar-refractivity contribution < 1.29 is 4.79 Å². The van der Waals surface area contributed by atoms with Crippen molar-refractivity contribution in [1.29, 1.82) is 0 Å². The van der Waals surface area contributed by atoms with Crippen LogP contribution in [-0.4, -0.2) is 31.4 Å². The van der Waals surface area contributed by atoms with Crippen molar-refractivity contribution in [2.45, 2.75) is 25.4 Å². The van der Waals surface area contributed by atoms with Crippen LogP contribution in [0.2, 0.25) is 0 Å². The van der Waals surface area contributed by atoms with Crippen LogP contribution in [0.15, 0.2) is 76.6 Å². The molecule has 8 heteroatoms. The summed E-state index contributed by atoms with van der Waals surface area (Å²) in [4.78, 5) is 17.0. The molecule has 4 aromatic rings. The van der Waals surface area contributed by atoms with E-state index in [9.17, 15) is 4.79 Å². The first-order chi connectivity index (χ1) is 15.6. The van der Waals surface area contributed by atoms with E-state index in [0.717, 1.165) is 39.0 Å². The Morgan fingerprint density at radius 3 is 2.62 bits per heavy atom. The Morgan fingerprint density at radius 2 is 1.91 bits per heavy atom. The van der Waals surface area contributed by atoms with Gasteiger partial charge in [0.1, 0.15) is 0 Å². The number of rotatable bonds is 7. The van der Waals surface area contributed by atoms with E-state index in [-0.39, 0.29) is 11.7 Å². The number of aryl methyl sites for hydroxylation is 2. The Morgan fingerprint density at radius 1 is 1.09 bits per heavy atom. The van der Waals surface area contributed by atoms with Gasteiger partial charge < -0.3 is 5.32 Å². The van der Waals surface area contributed by atoms with E-state index < -0.39 is 0 Å². The number of benzene rings is 2. The second-order valence-electron chi connectivity index (χ2n) is 7.16. The molecule has 2 aromatic heterocycles. The van der Waals surface area contributed by atoms with E-state index in [4.69, 9.17) is 0 Å². The summed E-state index contributed by atoms with van der Waals surface area (Å²) in [6, 6.07) is 17.8. The van der Waals surface area contributed by atoms with Gasteiger partial charge in [0, 0.05) is 33.8 Å². The summed E-state index contributed by atoms with van der Waals surface area (Å²) in [6.45, 7) is 4.09. The molecule has 0 saturated heterocycles. The zero-order chi connectivity index (χ0) is 22.5. The first kappa shape index (κ1) is 22.2. The molecule has 0 saturated carbocycles. The summed E-state index contributed by atoms with van der Waals surface area (Å²) in [5, 5.41) is 12.5. The lowest BCUT2D eigenvalue weighted by Crippen LogP contribution is -2.16. The molecular formula is C24H22BrN5OS. The maximum absolute atomic E-state index is 12.8. The van der Waals surface area contributed by atoms with Crippen molar-refractivity contribution >= 4 is 39.3 Å². The van der Waals surface area contributed by atoms with Gasteiger partial charge in [-0.15, -0.1) is 10.2 Å². The topological polar surface area (TPSA) is 72.7 Å². The van der Waals surface area contributed by atoms with E-state index in [1.54, 1.807) is 12.4 Å². The van der Waals surface area contributed by atoms with Crippen molar-refractivity contribution in [3.8, 4) is 17.1 Å². The molecule has 0 aliphatic rings. The second-order valence-corrected chi connectivity index (χ2v) is 9.02. The first-order valence-electron chi connectivity index (χ1n) is 10.2. The monoisotopic (exact) mass is 507 g/mol. The molecule has 2 heterocycles. The van der Waals surface area contributed by atoms with Crippen LogP contribution in [0.1, 0.15) is 18.1 Å². The van der Waals surface area contributed by atoms with Gasteiger partial charge in [0.05, 0.1) is 5.75 Å². The number of hydrogen-bond acceptors (Lipinski definition) is 5. The Labute approximate surface area is 199 Å². The quantitative estimate of drug-likeness (QED) is 0.325. The average molecular weight is 508 g/mol. The molecule has 0 unspecified atom stereocenters. The van der Waals surface area contributed by atoms with Gasteiger partial charge >= 0.3 is 0 Å². The predicted octanol–water partition coefficient (Wildman–Crippen LogP) is 5.69. The fourth-order valence-electron chi connectivity index (χ4n) is 3.38. The molecule has 0 aliphatic heterocycles. The third-order valence-electron chi connectivity index (χ3n) is 4.97. The van der Waals surface area contributed by atoms with Gasteiger partial charge in [0.25, 0.3) is 0 Å². The van der Waals surface area contributed by atoms with Crippen molar-refractivity contribution in [2.75, 3.05) is 11.1 Å². The predicted molar refractivity (Wildman–Crippen MR) is 132 cm³/mol. The number of carbonyl (C=O) groups is 1. The first-order valence-corrected chi connectivity index (χ1v) is 12.0. The smallest absolute Gasteiger partial charge is 0.234 e. The highest BCUT2D eigenvalue weighted by molar-refractivity contribution is 9.10. The minimum Gasteiger partial charge on any atom is -0.325 e. The summed E-state index contributed by atoms with van der Waals surface area (Å²) in [5.41, 5.74) is 4.84. The second kappa shape index (κ2) is 10.1. The van der Waals surface area contributed by atoms with E-state index in [2.05, 4.69) is 43.4 Å². The fraction of sp³-hybridized carbons (Fsp3) is 0.167. The summed E-state index contributed by atoms with van der Waals surface area (Å²) < 4.78 is 2.93. The molecule has 0 aliphatic carbocycles. The van der Waals surface area contributed by atoms with Crippen LogP contribution in [0.4, 0.5) is 5.69 Å². The van der Waals surface area contributed by atoms with Crippen molar-refractivity contribution in [3.05, 3.63) is 82.6 Å².